The van der Waals surface area contributed by atoms with Crippen molar-refractivity contribution in [2.45, 2.75) is 37.7 Å². The van der Waals surface area contributed by atoms with Gasteiger partial charge in [-0.05, 0) is 73.0 Å². The highest BCUT2D eigenvalue weighted by atomic mass is 19.4. The van der Waals surface area contributed by atoms with Crippen LogP contribution in [0.4, 0.5) is 32.0 Å². The minimum absolute atomic E-state index is 0.148. The van der Waals surface area contributed by atoms with Gasteiger partial charge in [-0.15, -0.1) is 0 Å². The number of carbonyl (C=O) groups is 1. The number of amides is 1. The highest BCUT2D eigenvalue weighted by Gasteiger charge is 2.35. The zero-order chi connectivity index (χ0) is 29.8. The van der Waals surface area contributed by atoms with Gasteiger partial charge in [-0.2, -0.15) is 31.4 Å². The van der Waals surface area contributed by atoms with E-state index >= 15 is 0 Å². The smallest absolute Gasteiger partial charge is 0.330 e. The van der Waals surface area contributed by atoms with Crippen molar-refractivity contribution < 1.29 is 31.1 Å². The zero-order valence-electron chi connectivity index (χ0n) is 21.6. The van der Waals surface area contributed by atoms with Crippen LogP contribution < -0.4 is 16.8 Å². The monoisotopic (exact) mass is 575 g/mol. The van der Waals surface area contributed by atoms with E-state index in [9.17, 15) is 31.1 Å². The molecule has 0 bridgehead atoms. The number of unbranched alkanes of at least 4 members (excludes halogenated alkanes) is 1. The summed E-state index contributed by atoms with van der Waals surface area (Å²) in [6.07, 6.45) is -7.24. The molecule has 1 heterocycles. The van der Waals surface area contributed by atoms with Crippen molar-refractivity contribution in [1.82, 2.24) is 9.78 Å². The van der Waals surface area contributed by atoms with Crippen LogP contribution >= 0.6 is 0 Å². The van der Waals surface area contributed by atoms with Gasteiger partial charge in [0, 0.05) is 11.3 Å². The lowest BCUT2D eigenvalue weighted by atomic mass is 10.0. The van der Waals surface area contributed by atoms with Crippen molar-refractivity contribution in [3.63, 3.8) is 0 Å². The summed E-state index contributed by atoms with van der Waals surface area (Å²) in [7, 11) is 0. The first-order chi connectivity index (χ1) is 19.4. The number of hydrogen-bond donors (Lipinski definition) is 3. The number of anilines is 1. The van der Waals surface area contributed by atoms with Crippen LogP contribution in [-0.2, 0) is 17.1 Å². The number of carbonyl (C=O) groups excluding carboxylic acids is 1. The lowest BCUT2D eigenvalue weighted by Crippen LogP contribution is -2.35. The molecule has 0 aliphatic rings. The van der Waals surface area contributed by atoms with E-state index in [2.05, 4.69) is 10.4 Å². The van der Waals surface area contributed by atoms with Crippen molar-refractivity contribution in [1.29, 1.82) is 0 Å². The van der Waals surface area contributed by atoms with Gasteiger partial charge >= 0.3 is 12.4 Å². The lowest BCUT2D eigenvalue weighted by Gasteiger charge is -2.13. The molecule has 0 aliphatic heterocycles. The normalized spacial score (nSPS) is 12.8. The molecular formula is C29H27F6N5O. The van der Waals surface area contributed by atoms with Crippen LogP contribution in [0.3, 0.4) is 0 Å². The fourth-order valence-corrected chi connectivity index (χ4v) is 4.17. The van der Waals surface area contributed by atoms with Gasteiger partial charge in [-0.25, -0.2) is 4.68 Å². The van der Waals surface area contributed by atoms with E-state index in [1.807, 2.05) is 0 Å². The third-order valence-electron chi connectivity index (χ3n) is 6.41. The van der Waals surface area contributed by atoms with Gasteiger partial charge in [-0.3, -0.25) is 4.79 Å². The van der Waals surface area contributed by atoms with Gasteiger partial charge in [0.2, 0.25) is 5.91 Å². The van der Waals surface area contributed by atoms with Crippen LogP contribution in [0.15, 0.2) is 78.9 Å². The molecule has 0 saturated heterocycles. The first kappa shape index (κ1) is 29.8. The SMILES string of the molecule is NCCCC[C@H](N)C(=O)Nc1ccc(-n2nc(C(F)(F)F)cc2-c2ccc(-c3ccc(C(F)(F)F)cc3)cc2)cc1. The first-order valence-corrected chi connectivity index (χ1v) is 12.7. The molecule has 4 aromatic rings. The summed E-state index contributed by atoms with van der Waals surface area (Å²) in [6, 6.07) is 17.3. The molecule has 12 heteroatoms. The van der Waals surface area contributed by atoms with E-state index in [-0.39, 0.29) is 11.6 Å². The number of alkyl halides is 6. The fraction of sp³-hybridized carbons (Fsp3) is 0.241. The summed E-state index contributed by atoms with van der Waals surface area (Å²) in [5, 5.41) is 6.46. The third kappa shape index (κ3) is 7.33. The van der Waals surface area contributed by atoms with E-state index in [1.54, 1.807) is 24.3 Å². The van der Waals surface area contributed by atoms with Crippen LogP contribution in [0.2, 0.25) is 0 Å². The maximum absolute atomic E-state index is 13.6. The van der Waals surface area contributed by atoms with Gasteiger partial charge < -0.3 is 16.8 Å². The largest absolute Gasteiger partial charge is 0.435 e. The molecule has 1 aromatic heterocycles. The molecule has 3 aromatic carbocycles. The lowest BCUT2D eigenvalue weighted by molar-refractivity contribution is -0.141. The predicted octanol–water partition coefficient (Wildman–Crippen LogP) is 6.64. The third-order valence-corrected chi connectivity index (χ3v) is 6.41. The summed E-state index contributed by atoms with van der Waals surface area (Å²) in [6.45, 7) is 0.505. The molecular weight excluding hydrogens is 548 g/mol. The molecule has 1 amide bonds. The van der Waals surface area contributed by atoms with Crippen molar-refractivity contribution in [2.75, 3.05) is 11.9 Å². The summed E-state index contributed by atoms with van der Waals surface area (Å²) in [5.74, 6) is -0.387. The van der Waals surface area contributed by atoms with Gasteiger partial charge in [-0.1, -0.05) is 42.8 Å². The molecule has 0 spiro atoms. The van der Waals surface area contributed by atoms with Gasteiger partial charge in [0.05, 0.1) is 23.0 Å². The Morgan fingerprint density at radius 1 is 0.805 bits per heavy atom. The first-order valence-electron chi connectivity index (χ1n) is 12.7. The Labute approximate surface area is 232 Å². The van der Waals surface area contributed by atoms with E-state index in [0.717, 1.165) is 29.3 Å². The molecule has 6 nitrogen and oxygen atoms in total. The standard InChI is InChI=1S/C29H27F6N5O/c30-28(31,32)21-10-8-19(9-11-21)18-4-6-20(7-5-18)25-17-26(29(33,34)35)39-40(25)23-14-12-22(13-15-23)38-27(41)24(37)3-1-2-16-36/h4-15,17,24H,1-3,16,36-37H2,(H,38,41)/t24-/m0/s1. The number of halogens is 6. The van der Waals surface area contributed by atoms with Crippen LogP contribution in [-0.4, -0.2) is 28.3 Å². The van der Waals surface area contributed by atoms with Crippen LogP contribution in [0.1, 0.15) is 30.5 Å². The minimum atomic E-state index is -4.70. The second kappa shape index (κ2) is 12.1. The van der Waals surface area contributed by atoms with Gasteiger partial charge in [0.15, 0.2) is 5.69 Å². The zero-order valence-corrected chi connectivity index (χ0v) is 21.6. The minimum Gasteiger partial charge on any atom is -0.330 e. The van der Waals surface area contributed by atoms with Crippen LogP contribution in [0, 0.1) is 0 Å². The molecule has 0 fully saturated rings. The summed E-state index contributed by atoms with van der Waals surface area (Å²) in [5.41, 5.74) is 11.9. The number of nitrogens with two attached hydrogens (primary N) is 2. The average molecular weight is 576 g/mol. The topological polar surface area (TPSA) is 99.0 Å². The van der Waals surface area contributed by atoms with E-state index in [4.69, 9.17) is 11.5 Å². The van der Waals surface area contributed by atoms with Crippen molar-refractivity contribution >= 4 is 11.6 Å². The van der Waals surface area contributed by atoms with E-state index in [1.165, 1.54) is 36.4 Å². The van der Waals surface area contributed by atoms with Crippen molar-refractivity contribution in [3.8, 4) is 28.1 Å². The molecule has 0 saturated carbocycles. The van der Waals surface area contributed by atoms with Crippen molar-refractivity contribution in [2.24, 2.45) is 11.5 Å². The molecule has 0 aliphatic carbocycles. The highest BCUT2D eigenvalue weighted by molar-refractivity contribution is 5.94. The Bertz CT molecular complexity index is 1460. The van der Waals surface area contributed by atoms with E-state index in [0.29, 0.717) is 47.5 Å². The Morgan fingerprint density at radius 3 is 1.90 bits per heavy atom. The number of nitrogens with zero attached hydrogens (tertiary/aromatic N) is 2. The second-order valence-electron chi connectivity index (χ2n) is 9.40. The maximum Gasteiger partial charge on any atom is 0.435 e. The number of aromatic nitrogens is 2. The number of rotatable bonds is 9. The maximum atomic E-state index is 13.6. The summed E-state index contributed by atoms with van der Waals surface area (Å²) >= 11 is 0. The number of benzene rings is 3. The molecule has 5 N–H and O–H groups in total. The van der Waals surface area contributed by atoms with Crippen molar-refractivity contribution in [3.05, 3.63) is 90.1 Å². The molecule has 0 unspecified atom stereocenters. The number of nitrogens with one attached hydrogen (secondary N) is 1. The average Bonchev–Trinajstić information content (AvgIpc) is 3.40. The fourth-order valence-electron chi connectivity index (χ4n) is 4.17. The summed E-state index contributed by atoms with van der Waals surface area (Å²) < 4.78 is 80.5. The molecule has 1 atom stereocenters. The molecule has 0 radical (unpaired) electrons. The predicted molar refractivity (Wildman–Crippen MR) is 144 cm³/mol. The van der Waals surface area contributed by atoms with Gasteiger partial charge in [0.25, 0.3) is 0 Å². The quantitative estimate of drug-likeness (QED) is 0.154. The summed E-state index contributed by atoms with van der Waals surface area (Å²) in [4.78, 5) is 12.3. The van der Waals surface area contributed by atoms with Crippen LogP contribution in [0.5, 0.6) is 0 Å². The Balaban J connectivity index is 1.58. The molecule has 216 valence electrons. The van der Waals surface area contributed by atoms with E-state index < -0.39 is 29.7 Å². The van der Waals surface area contributed by atoms with Crippen LogP contribution in [0.25, 0.3) is 28.1 Å². The van der Waals surface area contributed by atoms with Gasteiger partial charge in [0.1, 0.15) is 0 Å². The second-order valence-corrected chi connectivity index (χ2v) is 9.40. The molecule has 41 heavy (non-hydrogen) atoms. The highest BCUT2D eigenvalue weighted by Crippen LogP contribution is 2.35. The Morgan fingerprint density at radius 2 is 1.37 bits per heavy atom. The Kier molecular flexibility index (Phi) is 8.83. The number of hydrogen-bond acceptors (Lipinski definition) is 4. The molecule has 4 rings (SSSR count). The Hall–Kier alpha value is -4.16.